The molecule has 0 unspecified atom stereocenters. The van der Waals surface area contributed by atoms with Crippen molar-refractivity contribution in [3.63, 3.8) is 0 Å². The van der Waals surface area contributed by atoms with E-state index in [1.54, 1.807) is 0 Å². The second-order valence-corrected chi connectivity index (χ2v) is 4.25. The van der Waals surface area contributed by atoms with Gasteiger partial charge in [0.15, 0.2) is 5.69 Å². The topological polar surface area (TPSA) is 60.9 Å². The molecule has 1 aromatic heterocycles. The molecule has 0 aliphatic heterocycles. The quantitative estimate of drug-likeness (QED) is 0.886. The van der Waals surface area contributed by atoms with Crippen molar-refractivity contribution in [2.24, 2.45) is 18.7 Å². The Balaban J connectivity index is 3.40. The van der Waals surface area contributed by atoms with Crippen LogP contribution in [0.3, 0.4) is 0 Å². The van der Waals surface area contributed by atoms with E-state index in [1.165, 1.54) is 7.05 Å². The fourth-order valence-corrected chi connectivity index (χ4v) is 1.64. The monoisotopic (exact) mass is 249 g/mol. The molecule has 1 rings (SSSR count). The van der Waals surface area contributed by atoms with E-state index in [2.05, 4.69) is 5.10 Å². The van der Waals surface area contributed by atoms with E-state index in [1.807, 2.05) is 13.8 Å². The van der Waals surface area contributed by atoms with Gasteiger partial charge in [-0.15, -0.1) is 0 Å². The standard InChI is InChI=1S/C10H14F3N3O/c1-5(2)4-6-7(9(14)17)8(10(11,12)13)15-16(6)3/h5H,4H2,1-3H3,(H2,14,17). The number of carbonyl (C=O) groups excluding carboxylic acids is 1. The summed E-state index contributed by atoms with van der Waals surface area (Å²) in [6.45, 7) is 3.68. The summed E-state index contributed by atoms with van der Waals surface area (Å²) in [5.41, 5.74) is 3.51. The van der Waals surface area contributed by atoms with Gasteiger partial charge in [-0.3, -0.25) is 9.48 Å². The van der Waals surface area contributed by atoms with E-state index < -0.39 is 23.3 Å². The minimum Gasteiger partial charge on any atom is -0.365 e. The van der Waals surface area contributed by atoms with E-state index in [-0.39, 0.29) is 11.6 Å². The van der Waals surface area contributed by atoms with Crippen molar-refractivity contribution in [1.29, 1.82) is 0 Å². The van der Waals surface area contributed by atoms with Crippen LogP contribution in [-0.2, 0) is 19.6 Å². The Bertz CT molecular complexity index is 435. The fraction of sp³-hybridized carbons (Fsp3) is 0.600. The SMILES string of the molecule is CC(C)Cc1c(C(N)=O)c(C(F)(F)F)nn1C. The largest absolute Gasteiger partial charge is 0.435 e. The number of rotatable bonds is 3. The Morgan fingerprint density at radius 1 is 1.47 bits per heavy atom. The number of aryl methyl sites for hydroxylation is 1. The van der Waals surface area contributed by atoms with Crippen LogP contribution in [0.4, 0.5) is 13.2 Å². The van der Waals surface area contributed by atoms with Crippen LogP contribution in [0, 0.1) is 5.92 Å². The Labute approximate surface area is 96.6 Å². The van der Waals surface area contributed by atoms with Crippen LogP contribution in [0.5, 0.6) is 0 Å². The van der Waals surface area contributed by atoms with E-state index in [0.29, 0.717) is 6.42 Å². The molecule has 0 aromatic carbocycles. The van der Waals surface area contributed by atoms with Gasteiger partial charge in [0.2, 0.25) is 0 Å². The smallest absolute Gasteiger partial charge is 0.365 e. The molecule has 2 N–H and O–H groups in total. The number of hydrogen-bond acceptors (Lipinski definition) is 2. The molecule has 1 amide bonds. The summed E-state index contributed by atoms with van der Waals surface area (Å²) < 4.78 is 39.0. The fourth-order valence-electron chi connectivity index (χ4n) is 1.64. The Morgan fingerprint density at radius 3 is 2.35 bits per heavy atom. The maximum Gasteiger partial charge on any atom is 0.435 e. The predicted octanol–water partition coefficient (Wildman–Crippen LogP) is 1.74. The third kappa shape index (κ3) is 2.78. The van der Waals surface area contributed by atoms with Gasteiger partial charge in [0.25, 0.3) is 5.91 Å². The summed E-state index contributed by atoms with van der Waals surface area (Å²) in [7, 11) is 1.37. The first kappa shape index (κ1) is 13.5. The van der Waals surface area contributed by atoms with Crippen molar-refractivity contribution in [2.75, 3.05) is 0 Å². The van der Waals surface area contributed by atoms with Crippen molar-refractivity contribution >= 4 is 5.91 Å². The molecule has 0 saturated carbocycles. The highest BCUT2D eigenvalue weighted by atomic mass is 19.4. The lowest BCUT2D eigenvalue weighted by Crippen LogP contribution is -2.19. The van der Waals surface area contributed by atoms with Crippen LogP contribution in [0.25, 0.3) is 0 Å². The number of aromatic nitrogens is 2. The zero-order valence-electron chi connectivity index (χ0n) is 9.80. The van der Waals surface area contributed by atoms with Gasteiger partial charge in [-0.05, 0) is 12.3 Å². The highest BCUT2D eigenvalue weighted by molar-refractivity contribution is 5.95. The van der Waals surface area contributed by atoms with Gasteiger partial charge in [-0.2, -0.15) is 18.3 Å². The Morgan fingerprint density at radius 2 is 2.00 bits per heavy atom. The molecule has 1 aromatic rings. The summed E-state index contributed by atoms with van der Waals surface area (Å²) in [6, 6.07) is 0. The molecule has 96 valence electrons. The van der Waals surface area contributed by atoms with Crippen molar-refractivity contribution in [2.45, 2.75) is 26.4 Å². The van der Waals surface area contributed by atoms with Crippen LogP contribution in [0.1, 0.15) is 35.6 Å². The number of carbonyl (C=O) groups is 1. The van der Waals surface area contributed by atoms with E-state index in [4.69, 9.17) is 5.73 Å². The van der Waals surface area contributed by atoms with E-state index in [9.17, 15) is 18.0 Å². The summed E-state index contributed by atoms with van der Waals surface area (Å²) in [4.78, 5) is 11.2. The molecular weight excluding hydrogens is 235 g/mol. The van der Waals surface area contributed by atoms with Crippen LogP contribution < -0.4 is 5.73 Å². The Hall–Kier alpha value is -1.53. The number of nitrogens with zero attached hydrogens (tertiary/aromatic N) is 2. The number of nitrogens with two attached hydrogens (primary N) is 1. The third-order valence-corrected chi connectivity index (χ3v) is 2.28. The molecule has 0 radical (unpaired) electrons. The van der Waals surface area contributed by atoms with Gasteiger partial charge >= 0.3 is 6.18 Å². The third-order valence-electron chi connectivity index (χ3n) is 2.28. The van der Waals surface area contributed by atoms with Gasteiger partial charge in [0.05, 0.1) is 11.3 Å². The molecule has 17 heavy (non-hydrogen) atoms. The molecule has 0 aliphatic carbocycles. The summed E-state index contributed by atoms with van der Waals surface area (Å²) in [5, 5.41) is 3.35. The van der Waals surface area contributed by atoms with E-state index in [0.717, 1.165) is 4.68 Å². The van der Waals surface area contributed by atoms with Crippen LogP contribution >= 0.6 is 0 Å². The summed E-state index contributed by atoms with van der Waals surface area (Å²) in [6.07, 6.45) is -4.35. The predicted molar refractivity (Wildman–Crippen MR) is 55.3 cm³/mol. The average molecular weight is 249 g/mol. The minimum absolute atomic E-state index is 0.101. The lowest BCUT2D eigenvalue weighted by atomic mass is 10.0. The molecule has 0 aliphatic rings. The van der Waals surface area contributed by atoms with Crippen molar-refractivity contribution in [1.82, 2.24) is 9.78 Å². The van der Waals surface area contributed by atoms with Crippen LogP contribution in [-0.4, -0.2) is 15.7 Å². The number of primary amides is 1. The summed E-state index contributed by atoms with van der Waals surface area (Å²) in [5.74, 6) is -0.995. The van der Waals surface area contributed by atoms with Crippen molar-refractivity contribution < 1.29 is 18.0 Å². The van der Waals surface area contributed by atoms with Gasteiger partial charge in [-0.25, -0.2) is 0 Å². The lowest BCUT2D eigenvalue weighted by molar-refractivity contribution is -0.141. The van der Waals surface area contributed by atoms with Gasteiger partial charge in [0, 0.05) is 7.05 Å². The number of alkyl halides is 3. The molecule has 0 fully saturated rings. The second kappa shape index (κ2) is 4.38. The number of amides is 1. The molecule has 4 nitrogen and oxygen atoms in total. The number of hydrogen-bond donors (Lipinski definition) is 1. The molecule has 1 heterocycles. The molecule has 7 heteroatoms. The van der Waals surface area contributed by atoms with Crippen LogP contribution in [0.2, 0.25) is 0 Å². The zero-order chi connectivity index (χ0) is 13.4. The van der Waals surface area contributed by atoms with Gasteiger partial charge in [0.1, 0.15) is 0 Å². The molecule has 0 bridgehead atoms. The summed E-state index contributed by atoms with van der Waals surface area (Å²) >= 11 is 0. The minimum atomic E-state index is -4.67. The molecule has 0 saturated heterocycles. The molecule has 0 atom stereocenters. The van der Waals surface area contributed by atoms with E-state index >= 15 is 0 Å². The van der Waals surface area contributed by atoms with Crippen molar-refractivity contribution in [3.05, 3.63) is 17.0 Å². The van der Waals surface area contributed by atoms with Crippen molar-refractivity contribution in [3.8, 4) is 0 Å². The van der Waals surface area contributed by atoms with Crippen LogP contribution in [0.15, 0.2) is 0 Å². The first-order valence-corrected chi connectivity index (χ1v) is 5.07. The Kier molecular flexibility index (Phi) is 3.49. The second-order valence-electron chi connectivity index (χ2n) is 4.25. The highest BCUT2D eigenvalue weighted by Gasteiger charge is 2.40. The number of halogens is 3. The van der Waals surface area contributed by atoms with Gasteiger partial charge < -0.3 is 5.73 Å². The first-order valence-electron chi connectivity index (χ1n) is 5.07. The lowest BCUT2D eigenvalue weighted by Gasteiger charge is -2.07. The normalized spacial score (nSPS) is 12.2. The zero-order valence-corrected chi connectivity index (χ0v) is 9.80. The van der Waals surface area contributed by atoms with Gasteiger partial charge in [-0.1, -0.05) is 13.8 Å². The maximum atomic E-state index is 12.7. The maximum absolute atomic E-state index is 12.7. The first-order chi connectivity index (χ1) is 7.64. The highest BCUT2D eigenvalue weighted by Crippen LogP contribution is 2.32. The average Bonchev–Trinajstić information content (AvgIpc) is 2.42. The molecular formula is C10H14F3N3O. The molecule has 0 spiro atoms.